The van der Waals surface area contributed by atoms with Crippen LogP contribution in [0.2, 0.25) is 0 Å². The Hall–Kier alpha value is -2.53. The highest BCUT2D eigenvalue weighted by Crippen LogP contribution is 2.18. The van der Waals surface area contributed by atoms with Gasteiger partial charge in [0.05, 0.1) is 20.2 Å². The first-order chi connectivity index (χ1) is 12.2. The Morgan fingerprint density at radius 1 is 1.08 bits per heavy atom. The lowest BCUT2D eigenvalue weighted by atomic mass is 10.00. The van der Waals surface area contributed by atoms with Gasteiger partial charge in [0.1, 0.15) is 18.1 Å². The van der Waals surface area contributed by atoms with Crippen LogP contribution in [0.25, 0.3) is 0 Å². The van der Waals surface area contributed by atoms with Gasteiger partial charge >= 0.3 is 0 Å². The van der Waals surface area contributed by atoms with Gasteiger partial charge in [-0.2, -0.15) is 0 Å². The second kappa shape index (κ2) is 8.53. The summed E-state index contributed by atoms with van der Waals surface area (Å²) in [6.07, 6.45) is 1.00. The van der Waals surface area contributed by atoms with E-state index in [1.54, 1.807) is 7.11 Å². The monoisotopic (exact) mass is 340 g/mol. The van der Waals surface area contributed by atoms with Gasteiger partial charge in [0.25, 0.3) is 0 Å². The molecular formula is C20H24N2O3. The first kappa shape index (κ1) is 17.3. The second-order valence-corrected chi connectivity index (χ2v) is 6.10. The lowest BCUT2D eigenvalue weighted by molar-refractivity contribution is -0.122. The summed E-state index contributed by atoms with van der Waals surface area (Å²) in [5.74, 6) is 1.60. The zero-order valence-electron chi connectivity index (χ0n) is 14.5. The van der Waals surface area contributed by atoms with Crippen LogP contribution in [0.5, 0.6) is 11.5 Å². The minimum atomic E-state index is 0.0395. The smallest absolute Gasteiger partial charge is 0.234 e. The number of fused-ring (bicyclic) bond motifs is 1. The molecule has 5 nitrogen and oxygen atoms in total. The summed E-state index contributed by atoms with van der Waals surface area (Å²) in [5, 5.41) is 2.92. The fourth-order valence-corrected chi connectivity index (χ4v) is 2.98. The van der Waals surface area contributed by atoms with Crippen molar-refractivity contribution < 1.29 is 14.3 Å². The molecule has 1 aliphatic rings. The normalized spacial score (nSPS) is 13.8. The Labute approximate surface area is 148 Å². The van der Waals surface area contributed by atoms with Crippen LogP contribution in [0, 0.1) is 0 Å². The minimum Gasteiger partial charge on any atom is -0.497 e. The van der Waals surface area contributed by atoms with Crippen molar-refractivity contribution in [2.24, 2.45) is 0 Å². The van der Waals surface area contributed by atoms with Crippen molar-refractivity contribution in [3.63, 3.8) is 0 Å². The second-order valence-electron chi connectivity index (χ2n) is 6.10. The van der Waals surface area contributed by atoms with Crippen molar-refractivity contribution in [1.29, 1.82) is 0 Å². The van der Waals surface area contributed by atoms with Gasteiger partial charge in [0.15, 0.2) is 0 Å². The van der Waals surface area contributed by atoms with Gasteiger partial charge < -0.3 is 14.8 Å². The molecule has 1 heterocycles. The summed E-state index contributed by atoms with van der Waals surface area (Å²) in [7, 11) is 1.63. The van der Waals surface area contributed by atoms with Crippen molar-refractivity contribution in [2.45, 2.75) is 13.0 Å². The molecule has 0 aromatic heterocycles. The first-order valence-corrected chi connectivity index (χ1v) is 8.57. The summed E-state index contributed by atoms with van der Waals surface area (Å²) < 4.78 is 10.7. The van der Waals surface area contributed by atoms with Crippen molar-refractivity contribution >= 4 is 5.91 Å². The van der Waals surface area contributed by atoms with Crippen LogP contribution < -0.4 is 14.8 Å². The fraction of sp³-hybridized carbons (Fsp3) is 0.350. The molecule has 0 saturated heterocycles. The van der Waals surface area contributed by atoms with Crippen LogP contribution in [-0.2, 0) is 17.8 Å². The Morgan fingerprint density at radius 3 is 2.56 bits per heavy atom. The van der Waals surface area contributed by atoms with E-state index in [2.05, 4.69) is 34.5 Å². The molecule has 1 amide bonds. The van der Waals surface area contributed by atoms with Gasteiger partial charge in [-0.15, -0.1) is 0 Å². The van der Waals surface area contributed by atoms with Crippen LogP contribution in [0.4, 0.5) is 0 Å². The van der Waals surface area contributed by atoms with Gasteiger partial charge in [-0.25, -0.2) is 0 Å². The lowest BCUT2D eigenvalue weighted by Crippen LogP contribution is -2.40. The molecule has 0 saturated carbocycles. The molecule has 25 heavy (non-hydrogen) atoms. The predicted molar refractivity (Wildman–Crippen MR) is 96.9 cm³/mol. The third-order valence-corrected chi connectivity index (χ3v) is 4.33. The highest BCUT2D eigenvalue weighted by atomic mass is 16.5. The number of hydrogen-bond acceptors (Lipinski definition) is 4. The number of nitrogens with one attached hydrogen (secondary N) is 1. The quantitative estimate of drug-likeness (QED) is 0.786. The van der Waals surface area contributed by atoms with Gasteiger partial charge in [-0.1, -0.05) is 24.3 Å². The van der Waals surface area contributed by atoms with E-state index < -0.39 is 0 Å². The van der Waals surface area contributed by atoms with Crippen molar-refractivity contribution in [3.05, 3.63) is 59.7 Å². The average Bonchev–Trinajstić information content (AvgIpc) is 2.65. The Bertz CT molecular complexity index is 700. The molecule has 0 fully saturated rings. The molecule has 3 rings (SSSR count). The number of rotatable bonds is 7. The van der Waals surface area contributed by atoms with Crippen LogP contribution in [0.3, 0.4) is 0 Å². The Balaban J connectivity index is 1.36. The Kier molecular flexibility index (Phi) is 5.90. The van der Waals surface area contributed by atoms with E-state index >= 15 is 0 Å². The maximum Gasteiger partial charge on any atom is 0.234 e. The summed E-state index contributed by atoms with van der Waals surface area (Å²) in [4.78, 5) is 14.3. The van der Waals surface area contributed by atoms with E-state index in [0.717, 1.165) is 31.0 Å². The van der Waals surface area contributed by atoms with Gasteiger partial charge in [-0.3, -0.25) is 9.69 Å². The fourth-order valence-electron chi connectivity index (χ4n) is 2.98. The molecular weight excluding hydrogens is 316 g/mol. The van der Waals surface area contributed by atoms with E-state index in [4.69, 9.17) is 9.47 Å². The molecule has 0 spiro atoms. The van der Waals surface area contributed by atoms with Gasteiger partial charge in [0, 0.05) is 13.1 Å². The first-order valence-electron chi connectivity index (χ1n) is 8.57. The van der Waals surface area contributed by atoms with E-state index in [1.165, 1.54) is 11.1 Å². The summed E-state index contributed by atoms with van der Waals surface area (Å²) in [6.45, 7) is 3.13. The number of amides is 1. The minimum absolute atomic E-state index is 0.0395. The summed E-state index contributed by atoms with van der Waals surface area (Å²) in [6, 6.07) is 15.8. The molecule has 1 N–H and O–H groups in total. The van der Waals surface area contributed by atoms with E-state index in [9.17, 15) is 4.79 Å². The number of ether oxygens (including phenoxy) is 2. The molecule has 2 aromatic carbocycles. The number of nitrogens with zero attached hydrogens (tertiary/aromatic N) is 1. The third kappa shape index (κ3) is 4.97. The maximum absolute atomic E-state index is 12.1. The van der Waals surface area contributed by atoms with Gasteiger partial charge in [-0.05, 0) is 41.8 Å². The van der Waals surface area contributed by atoms with E-state index in [1.807, 2.05) is 24.3 Å². The topological polar surface area (TPSA) is 50.8 Å². The standard InChI is InChI=1S/C20H24N2O3/c1-24-18-6-8-19(9-7-18)25-13-11-21-20(23)15-22-12-10-16-4-2-3-5-17(16)14-22/h2-9H,10-15H2,1H3,(H,21,23). The molecule has 1 aliphatic heterocycles. The van der Waals surface area contributed by atoms with Crippen molar-refractivity contribution in [1.82, 2.24) is 10.2 Å². The number of hydrogen-bond donors (Lipinski definition) is 1. The molecule has 0 aliphatic carbocycles. The lowest BCUT2D eigenvalue weighted by Gasteiger charge is -2.28. The van der Waals surface area contributed by atoms with Crippen LogP contribution in [-0.4, -0.2) is 44.2 Å². The third-order valence-electron chi connectivity index (χ3n) is 4.33. The predicted octanol–water partition coefficient (Wildman–Crippen LogP) is 2.25. The molecule has 2 aromatic rings. The van der Waals surface area contributed by atoms with E-state index in [0.29, 0.717) is 19.7 Å². The highest BCUT2D eigenvalue weighted by Gasteiger charge is 2.17. The molecule has 0 unspecified atom stereocenters. The van der Waals surface area contributed by atoms with Crippen molar-refractivity contribution in [3.8, 4) is 11.5 Å². The van der Waals surface area contributed by atoms with Crippen LogP contribution in [0.1, 0.15) is 11.1 Å². The summed E-state index contributed by atoms with van der Waals surface area (Å²) >= 11 is 0. The SMILES string of the molecule is COc1ccc(OCCNC(=O)CN2CCc3ccccc3C2)cc1. The Morgan fingerprint density at radius 2 is 1.80 bits per heavy atom. The number of carbonyl (C=O) groups excluding carboxylic acids is 1. The van der Waals surface area contributed by atoms with E-state index in [-0.39, 0.29) is 5.91 Å². The average molecular weight is 340 g/mol. The molecule has 5 heteroatoms. The number of carbonyl (C=O) groups is 1. The van der Waals surface area contributed by atoms with Crippen molar-refractivity contribution in [2.75, 3.05) is 33.4 Å². The largest absolute Gasteiger partial charge is 0.497 e. The zero-order chi connectivity index (χ0) is 17.5. The maximum atomic E-state index is 12.1. The molecule has 0 atom stereocenters. The van der Waals surface area contributed by atoms with Gasteiger partial charge in [0.2, 0.25) is 5.91 Å². The molecule has 132 valence electrons. The van der Waals surface area contributed by atoms with Crippen LogP contribution >= 0.6 is 0 Å². The number of benzene rings is 2. The molecule has 0 radical (unpaired) electrons. The zero-order valence-corrected chi connectivity index (χ0v) is 14.5. The summed E-state index contributed by atoms with van der Waals surface area (Å²) in [5.41, 5.74) is 2.72. The number of methoxy groups -OCH3 is 1. The van der Waals surface area contributed by atoms with Crippen LogP contribution in [0.15, 0.2) is 48.5 Å². The highest BCUT2D eigenvalue weighted by molar-refractivity contribution is 5.78. The molecule has 0 bridgehead atoms.